The number of allylic oxidation sites excluding steroid dienone is 4. The topological polar surface area (TPSA) is 23.5 Å². The maximum absolute atomic E-state index is 10.4. The van der Waals surface area contributed by atoms with Crippen molar-refractivity contribution in [3.8, 4) is 0 Å². The molecule has 0 aromatic rings. The minimum absolute atomic E-state index is 0.0205. The minimum atomic E-state index is -0.0605. The first-order chi connectivity index (χ1) is 8.44. The summed E-state index contributed by atoms with van der Waals surface area (Å²) >= 11 is 0. The molecule has 0 aliphatic heterocycles. The first-order valence-electron chi connectivity index (χ1n) is 6.97. The average Bonchev–Trinajstić information content (AvgIpc) is 2.15. The Hall–Kier alpha value is -1.18. The molecule has 0 saturated heterocycles. The van der Waals surface area contributed by atoms with E-state index in [0.717, 1.165) is 12.0 Å². The second kappa shape index (κ2) is 5.07. The van der Waals surface area contributed by atoms with Crippen molar-refractivity contribution in [2.24, 2.45) is 10.8 Å². The Balaban J connectivity index is 3.58. The summed E-state index contributed by atoms with van der Waals surface area (Å²) in [6.45, 7) is 13.1. The zero-order valence-electron chi connectivity index (χ0n) is 13.8. The van der Waals surface area contributed by atoms with Crippen LogP contribution in [-0.2, 0) is 0 Å². The lowest BCUT2D eigenvalue weighted by molar-refractivity contribution is 0.357. The fourth-order valence-corrected chi connectivity index (χ4v) is 2.74. The molecule has 0 aromatic carbocycles. The van der Waals surface area contributed by atoms with Crippen molar-refractivity contribution >= 4 is 0 Å². The van der Waals surface area contributed by atoms with Crippen LogP contribution in [0.15, 0.2) is 34.8 Å². The number of rotatable bonds is 1. The summed E-state index contributed by atoms with van der Waals surface area (Å²) in [5, 5.41) is 10.4. The van der Waals surface area contributed by atoms with E-state index in [1.165, 1.54) is 11.1 Å². The van der Waals surface area contributed by atoms with Crippen LogP contribution in [0.25, 0.3) is 0 Å². The van der Waals surface area contributed by atoms with E-state index in [2.05, 4.69) is 52.6 Å². The quantitative estimate of drug-likeness (QED) is 0.743. The highest BCUT2D eigenvalue weighted by molar-refractivity contribution is 5.52. The van der Waals surface area contributed by atoms with E-state index >= 15 is 0 Å². The first kappa shape index (κ1) is 15.9. The van der Waals surface area contributed by atoms with Gasteiger partial charge in [0.15, 0.2) is 0 Å². The summed E-state index contributed by atoms with van der Waals surface area (Å²) in [7, 11) is 4.09. The van der Waals surface area contributed by atoms with Gasteiger partial charge in [0, 0.05) is 25.9 Å². The van der Waals surface area contributed by atoms with Gasteiger partial charge in [-0.05, 0) is 34.5 Å². The molecule has 2 nitrogen and oxygen atoms in total. The molecule has 0 fully saturated rings. The van der Waals surface area contributed by atoms with Gasteiger partial charge in [-0.25, -0.2) is 0 Å². The van der Waals surface area contributed by atoms with Crippen molar-refractivity contribution in [3.63, 3.8) is 0 Å². The Morgan fingerprint density at radius 3 is 1.84 bits per heavy atom. The second-order valence-corrected chi connectivity index (χ2v) is 7.66. The van der Waals surface area contributed by atoms with Crippen LogP contribution >= 0.6 is 0 Å². The van der Waals surface area contributed by atoms with E-state index in [1.54, 1.807) is 0 Å². The summed E-state index contributed by atoms with van der Waals surface area (Å²) in [5.41, 5.74) is 3.63. The Morgan fingerprint density at radius 2 is 1.47 bits per heavy atom. The molecule has 1 rings (SSSR count). The Bertz CT molecular complexity index is 437. The molecular formula is C17H29NO. The number of hydrogen-bond acceptors (Lipinski definition) is 2. The van der Waals surface area contributed by atoms with Crippen molar-refractivity contribution in [2.45, 2.75) is 48.0 Å². The first-order valence-corrected chi connectivity index (χ1v) is 6.97. The normalized spacial score (nSPS) is 19.8. The van der Waals surface area contributed by atoms with Gasteiger partial charge in [-0.15, -0.1) is 0 Å². The molecule has 0 saturated carbocycles. The molecule has 0 bridgehead atoms. The van der Waals surface area contributed by atoms with Crippen LogP contribution in [0.3, 0.4) is 0 Å². The zero-order valence-corrected chi connectivity index (χ0v) is 13.8. The van der Waals surface area contributed by atoms with Crippen LogP contribution in [0.1, 0.15) is 48.0 Å². The van der Waals surface area contributed by atoms with Crippen LogP contribution in [0.2, 0.25) is 0 Å². The van der Waals surface area contributed by atoms with Gasteiger partial charge in [-0.2, -0.15) is 0 Å². The highest BCUT2D eigenvalue weighted by Gasteiger charge is 2.34. The van der Waals surface area contributed by atoms with Crippen LogP contribution in [0.5, 0.6) is 0 Å². The van der Waals surface area contributed by atoms with Crippen molar-refractivity contribution in [1.82, 2.24) is 4.90 Å². The molecule has 108 valence electrons. The second-order valence-electron chi connectivity index (χ2n) is 7.66. The van der Waals surface area contributed by atoms with Crippen LogP contribution < -0.4 is 0 Å². The third kappa shape index (κ3) is 3.65. The fraction of sp³-hybridized carbons (Fsp3) is 0.647. The van der Waals surface area contributed by atoms with E-state index in [-0.39, 0.29) is 10.8 Å². The molecule has 0 radical (unpaired) electrons. The van der Waals surface area contributed by atoms with Crippen molar-refractivity contribution in [3.05, 3.63) is 34.8 Å². The predicted octanol–water partition coefficient (Wildman–Crippen LogP) is 4.67. The van der Waals surface area contributed by atoms with Gasteiger partial charge in [0.25, 0.3) is 0 Å². The molecule has 0 spiro atoms. The van der Waals surface area contributed by atoms with E-state index < -0.39 is 0 Å². The molecular weight excluding hydrogens is 234 g/mol. The van der Waals surface area contributed by atoms with Crippen LogP contribution in [0.4, 0.5) is 0 Å². The smallest absolute Gasteiger partial charge is 0.115 e. The summed E-state index contributed by atoms with van der Waals surface area (Å²) in [6.07, 6.45) is 4.91. The Labute approximate surface area is 118 Å². The number of hydrogen-bond donors (Lipinski definition) is 1. The largest absolute Gasteiger partial charge is 0.508 e. The molecule has 0 unspecified atom stereocenters. The third-order valence-electron chi connectivity index (χ3n) is 3.26. The van der Waals surface area contributed by atoms with Crippen LogP contribution in [0, 0.1) is 10.8 Å². The van der Waals surface area contributed by atoms with E-state index in [0.29, 0.717) is 5.76 Å². The highest BCUT2D eigenvalue weighted by atomic mass is 16.3. The summed E-state index contributed by atoms with van der Waals surface area (Å²) in [6, 6.07) is 0. The van der Waals surface area contributed by atoms with Crippen molar-refractivity contribution in [1.29, 1.82) is 0 Å². The highest BCUT2D eigenvalue weighted by Crippen LogP contribution is 2.46. The minimum Gasteiger partial charge on any atom is -0.508 e. The van der Waals surface area contributed by atoms with E-state index in [1.807, 2.05) is 20.2 Å². The molecule has 0 atom stereocenters. The standard InChI is InChI=1S/C17H29NO/c1-16(2,3)14-12(11-18(7)8)9-10-13(19)15(14)17(4,5)6/h10-11,19H,9H2,1-8H3. The SMILES string of the molecule is CN(C)C=C1CC=C(O)C(C(C)(C)C)=C1C(C)(C)C. The maximum Gasteiger partial charge on any atom is 0.115 e. The van der Waals surface area contributed by atoms with Gasteiger partial charge in [-0.3, -0.25) is 0 Å². The molecule has 0 aromatic heterocycles. The van der Waals surface area contributed by atoms with Gasteiger partial charge in [0.2, 0.25) is 0 Å². The molecule has 1 aliphatic rings. The number of aliphatic hydroxyl groups is 1. The fourth-order valence-electron chi connectivity index (χ4n) is 2.74. The number of nitrogens with zero attached hydrogens (tertiary/aromatic N) is 1. The molecule has 0 amide bonds. The number of aliphatic hydroxyl groups excluding tert-OH is 1. The van der Waals surface area contributed by atoms with Gasteiger partial charge >= 0.3 is 0 Å². The van der Waals surface area contributed by atoms with E-state index in [9.17, 15) is 5.11 Å². The molecule has 1 N–H and O–H groups in total. The Kier molecular flexibility index (Phi) is 4.23. The average molecular weight is 263 g/mol. The third-order valence-corrected chi connectivity index (χ3v) is 3.26. The molecule has 0 heterocycles. The molecule has 19 heavy (non-hydrogen) atoms. The molecule has 1 aliphatic carbocycles. The zero-order chi connectivity index (χ0) is 15.0. The summed E-state index contributed by atoms with van der Waals surface area (Å²) in [5.74, 6) is 0.452. The van der Waals surface area contributed by atoms with Gasteiger partial charge in [0.1, 0.15) is 5.76 Å². The van der Waals surface area contributed by atoms with Crippen molar-refractivity contribution in [2.75, 3.05) is 14.1 Å². The Morgan fingerprint density at radius 1 is 1.00 bits per heavy atom. The van der Waals surface area contributed by atoms with E-state index in [4.69, 9.17) is 0 Å². The predicted molar refractivity (Wildman–Crippen MR) is 83.0 cm³/mol. The van der Waals surface area contributed by atoms with Gasteiger partial charge in [0.05, 0.1) is 0 Å². The lowest BCUT2D eigenvalue weighted by Crippen LogP contribution is -2.25. The molecule has 2 heteroatoms. The van der Waals surface area contributed by atoms with Gasteiger partial charge < -0.3 is 10.0 Å². The summed E-state index contributed by atoms with van der Waals surface area (Å²) in [4.78, 5) is 2.08. The monoisotopic (exact) mass is 263 g/mol. The van der Waals surface area contributed by atoms with Crippen LogP contribution in [-0.4, -0.2) is 24.1 Å². The maximum atomic E-state index is 10.4. The lowest BCUT2D eigenvalue weighted by Gasteiger charge is -2.37. The summed E-state index contributed by atoms with van der Waals surface area (Å²) < 4.78 is 0. The van der Waals surface area contributed by atoms with Gasteiger partial charge in [-0.1, -0.05) is 41.5 Å². The van der Waals surface area contributed by atoms with Crippen molar-refractivity contribution < 1.29 is 5.11 Å². The lowest BCUT2D eigenvalue weighted by atomic mass is 9.69.